The van der Waals surface area contributed by atoms with Gasteiger partial charge in [-0.1, -0.05) is 44.2 Å². The number of oxazole rings is 1. The second-order valence-corrected chi connectivity index (χ2v) is 9.91. The van der Waals surface area contributed by atoms with Gasteiger partial charge in [0, 0.05) is 24.9 Å². The van der Waals surface area contributed by atoms with Crippen LogP contribution in [0.3, 0.4) is 0 Å². The van der Waals surface area contributed by atoms with E-state index in [1.54, 1.807) is 4.90 Å². The molecule has 2 aromatic rings. The number of nitrogens with zero attached hydrogens (tertiary/aromatic N) is 2. The highest BCUT2D eigenvalue weighted by Gasteiger charge is 2.49. The van der Waals surface area contributed by atoms with Gasteiger partial charge in [0.1, 0.15) is 11.6 Å². The zero-order valence-corrected chi connectivity index (χ0v) is 19.9. The number of nitrogens with one attached hydrogen (secondary N) is 1. The fourth-order valence-corrected chi connectivity index (χ4v) is 5.41. The number of hydrogen-bond acceptors (Lipinski definition) is 7. The average Bonchev–Trinajstić information content (AvgIpc) is 3.57. The normalized spacial score (nSPS) is 24.5. The van der Waals surface area contributed by atoms with E-state index < -0.39 is 18.2 Å². The molecule has 1 aliphatic heterocycles. The van der Waals surface area contributed by atoms with Crippen LogP contribution in [0, 0.1) is 11.8 Å². The number of amides is 2. The van der Waals surface area contributed by atoms with Gasteiger partial charge in [0.15, 0.2) is 23.9 Å². The molecule has 3 fully saturated rings. The Kier molecular flexibility index (Phi) is 7.32. The molecule has 35 heavy (non-hydrogen) atoms. The molecule has 1 aromatic heterocycles. The predicted octanol–water partition coefficient (Wildman–Crippen LogP) is 3.42. The van der Waals surface area contributed by atoms with Crippen LogP contribution in [0.5, 0.6) is 0 Å². The Morgan fingerprint density at radius 2 is 1.94 bits per heavy atom. The fraction of sp³-hybridized carbons (Fsp3) is 0.615. The number of alkyl carbamates (subject to hydrolysis) is 1. The lowest BCUT2D eigenvalue weighted by Crippen LogP contribution is -2.53. The number of benzene rings is 1. The van der Waals surface area contributed by atoms with E-state index in [1.165, 1.54) is 6.42 Å². The molecular formula is C26H33N3O6. The summed E-state index contributed by atoms with van der Waals surface area (Å²) in [6, 6.07) is 6.83. The molecule has 3 aliphatic rings. The van der Waals surface area contributed by atoms with Crippen molar-refractivity contribution in [3.05, 3.63) is 30.2 Å². The number of aromatic nitrogens is 1. The van der Waals surface area contributed by atoms with Crippen molar-refractivity contribution in [2.45, 2.75) is 63.0 Å². The molecule has 3 unspecified atom stereocenters. The summed E-state index contributed by atoms with van der Waals surface area (Å²) in [5.74, 6) is 0.600. The average molecular weight is 484 g/mol. The Morgan fingerprint density at radius 3 is 2.69 bits per heavy atom. The summed E-state index contributed by atoms with van der Waals surface area (Å²) < 4.78 is 16.7. The van der Waals surface area contributed by atoms with E-state index in [0.717, 1.165) is 31.2 Å². The number of rotatable bonds is 8. The van der Waals surface area contributed by atoms with Crippen molar-refractivity contribution in [2.75, 3.05) is 26.3 Å². The van der Waals surface area contributed by atoms with Crippen LogP contribution < -0.4 is 5.32 Å². The first-order valence-electron chi connectivity index (χ1n) is 12.8. The molecular weight excluding hydrogens is 450 g/mol. The number of aldehydes is 1. The maximum atomic E-state index is 13.2. The second kappa shape index (κ2) is 10.8. The number of fused-ring (bicyclic) bond motifs is 1. The highest BCUT2D eigenvalue weighted by Crippen LogP contribution is 2.50. The number of morpholine rings is 1. The summed E-state index contributed by atoms with van der Waals surface area (Å²) in [4.78, 5) is 44.2. The highest BCUT2D eigenvalue weighted by atomic mass is 16.6. The zero-order chi connectivity index (χ0) is 24.2. The van der Waals surface area contributed by atoms with Gasteiger partial charge in [-0.15, -0.1) is 0 Å². The van der Waals surface area contributed by atoms with E-state index >= 15 is 0 Å². The second-order valence-electron chi connectivity index (χ2n) is 9.91. The number of ether oxygens (including phenoxy) is 2. The maximum absolute atomic E-state index is 13.2. The van der Waals surface area contributed by atoms with Gasteiger partial charge in [-0.05, 0) is 30.9 Å². The van der Waals surface area contributed by atoms with Crippen molar-refractivity contribution in [3.63, 3.8) is 0 Å². The minimum atomic E-state index is -0.913. The van der Waals surface area contributed by atoms with Gasteiger partial charge in [-0.25, -0.2) is 9.78 Å². The molecule has 188 valence electrons. The molecule has 5 rings (SSSR count). The molecule has 0 bridgehead atoms. The van der Waals surface area contributed by atoms with Gasteiger partial charge >= 0.3 is 6.09 Å². The molecule has 2 saturated carbocycles. The molecule has 9 heteroatoms. The standard InChI is InChI=1S/C26H33N3O6/c30-16-23(18-15-19(18)24-27-20-8-4-5-9-22(20)34-24)35-26(32)28-21(14-17-6-2-1-3-7-17)25(31)29-10-12-33-13-11-29/h4-5,8-9,16-19,21,23H,1-3,6-7,10-15H2,(H,28,32)/t18?,19?,21-,23?/m0/s1. The van der Waals surface area contributed by atoms with Gasteiger partial charge in [0.25, 0.3) is 0 Å². The first kappa shape index (κ1) is 23.8. The van der Waals surface area contributed by atoms with Crippen LogP contribution in [0.15, 0.2) is 28.7 Å². The smallest absolute Gasteiger partial charge is 0.408 e. The summed E-state index contributed by atoms with van der Waals surface area (Å²) in [7, 11) is 0. The third-order valence-electron chi connectivity index (χ3n) is 7.47. The minimum absolute atomic E-state index is 0.0709. The number of para-hydroxylation sites is 2. The van der Waals surface area contributed by atoms with E-state index in [2.05, 4.69) is 10.3 Å². The van der Waals surface area contributed by atoms with Gasteiger partial charge in [0.2, 0.25) is 5.91 Å². The van der Waals surface area contributed by atoms with E-state index in [9.17, 15) is 14.4 Å². The fourth-order valence-electron chi connectivity index (χ4n) is 5.41. The lowest BCUT2D eigenvalue weighted by atomic mass is 9.84. The van der Waals surface area contributed by atoms with Crippen molar-refractivity contribution in [2.24, 2.45) is 11.8 Å². The van der Waals surface area contributed by atoms with Crippen LogP contribution >= 0.6 is 0 Å². The quantitative estimate of drug-likeness (QED) is 0.573. The number of carbonyl (C=O) groups excluding carboxylic acids is 3. The molecule has 9 nitrogen and oxygen atoms in total. The largest absolute Gasteiger partial charge is 0.440 e. The summed E-state index contributed by atoms with van der Waals surface area (Å²) in [6.45, 7) is 2.03. The van der Waals surface area contributed by atoms with Crippen molar-refractivity contribution >= 4 is 29.4 Å². The Labute approximate surface area is 204 Å². The summed E-state index contributed by atoms with van der Waals surface area (Å²) in [5.41, 5.74) is 1.46. The Balaban J connectivity index is 1.21. The molecule has 1 N–H and O–H groups in total. The first-order valence-corrected chi connectivity index (χ1v) is 12.8. The van der Waals surface area contributed by atoms with Crippen LogP contribution in [0.1, 0.15) is 56.8 Å². The van der Waals surface area contributed by atoms with E-state index in [4.69, 9.17) is 13.9 Å². The molecule has 0 spiro atoms. The Bertz CT molecular complexity index is 1010. The number of carbonyl (C=O) groups is 3. The van der Waals surface area contributed by atoms with Crippen molar-refractivity contribution in [1.82, 2.24) is 15.2 Å². The van der Waals surface area contributed by atoms with Crippen molar-refractivity contribution in [1.29, 1.82) is 0 Å². The molecule has 0 radical (unpaired) electrons. The molecule has 1 aromatic carbocycles. The SMILES string of the molecule is O=CC(OC(=O)N[C@@H](CC1CCCCC1)C(=O)N1CCOCC1)C1CC1c1nc2ccccc2o1. The topological polar surface area (TPSA) is 111 Å². The zero-order valence-electron chi connectivity index (χ0n) is 19.9. The van der Waals surface area contributed by atoms with Gasteiger partial charge in [-0.3, -0.25) is 9.59 Å². The third kappa shape index (κ3) is 5.66. The van der Waals surface area contributed by atoms with Crippen molar-refractivity contribution in [3.8, 4) is 0 Å². The molecule has 2 heterocycles. The lowest BCUT2D eigenvalue weighted by Gasteiger charge is -2.33. The van der Waals surface area contributed by atoms with Crippen LogP contribution in [0.4, 0.5) is 4.79 Å². The van der Waals surface area contributed by atoms with Crippen molar-refractivity contribution < 1.29 is 28.3 Å². The summed E-state index contributed by atoms with van der Waals surface area (Å²) in [6.07, 6.45) is 5.91. The van der Waals surface area contributed by atoms with Gasteiger partial charge in [0.05, 0.1) is 13.2 Å². The Morgan fingerprint density at radius 1 is 1.17 bits per heavy atom. The first-order chi connectivity index (χ1) is 17.1. The molecule has 2 amide bonds. The third-order valence-corrected chi connectivity index (χ3v) is 7.47. The maximum Gasteiger partial charge on any atom is 0.408 e. The number of hydrogen-bond donors (Lipinski definition) is 1. The molecule has 4 atom stereocenters. The summed E-state index contributed by atoms with van der Waals surface area (Å²) >= 11 is 0. The monoisotopic (exact) mass is 483 g/mol. The highest BCUT2D eigenvalue weighted by molar-refractivity contribution is 5.86. The lowest BCUT2D eigenvalue weighted by molar-refractivity contribution is -0.138. The predicted molar refractivity (Wildman–Crippen MR) is 127 cm³/mol. The van der Waals surface area contributed by atoms with Crippen LogP contribution in [0.2, 0.25) is 0 Å². The molecule has 2 aliphatic carbocycles. The summed E-state index contributed by atoms with van der Waals surface area (Å²) in [5, 5.41) is 2.79. The van der Waals surface area contributed by atoms with Gasteiger partial charge < -0.3 is 24.1 Å². The van der Waals surface area contributed by atoms with Gasteiger partial charge in [-0.2, -0.15) is 0 Å². The van der Waals surface area contributed by atoms with Crippen LogP contribution in [0.25, 0.3) is 11.1 Å². The van der Waals surface area contributed by atoms with Crippen LogP contribution in [-0.2, 0) is 19.1 Å². The molecule has 1 saturated heterocycles. The van der Waals surface area contributed by atoms with E-state index in [-0.39, 0.29) is 17.7 Å². The van der Waals surface area contributed by atoms with Crippen LogP contribution in [-0.4, -0.2) is 66.6 Å². The van der Waals surface area contributed by atoms with E-state index in [1.807, 2.05) is 24.3 Å². The Hall–Kier alpha value is -2.94. The van der Waals surface area contributed by atoms with E-state index in [0.29, 0.717) is 62.8 Å². The minimum Gasteiger partial charge on any atom is -0.440 e.